The summed E-state index contributed by atoms with van der Waals surface area (Å²) in [5.74, 6) is 1.04. The summed E-state index contributed by atoms with van der Waals surface area (Å²) in [6.07, 6.45) is 1.53. The first-order chi connectivity index (χ1) is 12.7. The van der Waals surface area contributed by atoms with Crippen LogP contribution in [0.15, 0.2) is 47.5 Å². The minimum atomic E-state index is 0.229. The van der Waals surface area contributed by atoms with Gasteiger partial charge in [0, 0.05) is 32.1 Å². The van der Waals surface area contributed by atoms with Crippen LogP contribution in [0.5, 0.6) is 0 Å². The molecule has 138 valence electrons. The normalized spacial score (nSPS) is 17.5. The van der Waals surface area contributed by atoms with E-state index in [2.05, 4.69) is 60.0 Å². The molecule has 2 aromatic rings. The topological polar surface area (TPSA) is 56.7 Å². The first kappa shape index (κ1) is 18.2. The maximum atomic E-state index is 11.9. The molecule has 1 unspecified atom stereocenters. The van der Waals surface area contributed by atoms with Gasteiger partial charge >= 0.3 is 0 Å². The van der Waals surface area contributed by atoms with Crippen LogP contribution in [0.1, 0.15) is 32.3 Å². The smallest absolute Gasteiger partial charge is 0.222 e. The van der Waals surface area contributed by atoms with Crippen LogP contribution in [0.3, 0.4) is 0 Å². The van der Waals surface area contributed by atoms with Gasteiger partial charge in [0.05, 0.1) is 6.54 Å². The van der Waals surface area contributed by atoms with Crippen LogP contribution >= 0.6 is 0 Å². The zero-order valence-corrected chi connectivity index (χ0v) is 15.7. The lowest BCUT2D eigenvalue weighted by Crippen LogP contribution is -2.45. The Bertz CT molecular complexity index is 781. The maximum absolute atomic E-state index is 11.9. The van der Waals surface area contributed by atoms with Gasteiger partial charge in [0.2, 0.25) is 5.91 Å². The number of rotatable bonds is 5. The van der Waals surface area contributed by atoms with E-state index in [4.69, 9.17) is 4.99 Å². The fourth-order valence-corrected chi connectivity index (χ4v) is 3.44. The first-order valence-electron chi connectivity index (χ1n) is 9.50. The van der Waals surface area contributed by atoms with Crippen molar-refractivity contribution in [1.82, 2.24) is 15.5 Å². The fourth-order valence-electron chi connectivity index (χ4n) is 3.44. The number of fused-ring (bicyclic) bond motifs is 1. The van der Waals surface area contributed by atoms with Crippen LogP contribution < -0.4 is 10.6 Å². The molecule has 0 aliphatic carbocycles. The summed E-state index contributed by atoms with van der Waals surface area (Å²) in [4.78, 5) is 18.6. The molecule has 2 aromatic carbocycles. The van der Waals surface area contributed by atoms with Crippen LogP contribution in [0.4, 0.5) is 0 Å². The van der Waals surface area contributed by atoms with E-state index >= 15 is 0 Å². The number of hydrogen-bond acceptors (Lipinski definition) is 2. The number of benzene rings is 2. The summed E-state index contributed by atoms with van der Waals surface area (Å²) in [5, 5.41) is 9.29. The van der Waals surface area contributed by atoms with Crippen LogP contribution in [0.25, 0.3) is 10.8 Å². The SMILES string of the molecule is CCNC(=NCc1cccc2ccccc12)NC1CCN(C(=O)CC)C1. The third-order valence-corrected chi connectivity index (χ3v) is 4.82. The van der Waals surface area contributed by atoms with Crippen molar-refractivity contribution in [3.63, 3.8) is 0 Å². The molecule has 0 saturated carbocycles. The van der Waals surface area contributed by atoms with Crippen molar-refractivity contribution < 1.29 is 4.79 Å². The van der Waals surface area contributed by atoms with Crippen molar-refractivity contribution in [2.24, 2.45) is 4.99 Å². The van der Waals surface area contributed by atoms with E-state index in [-0.39, 0.29) is 11.9 Å². The van der Waals surface area contributed by atoms with Crippen molar-refractivity contribution in [3.05, 3.63) is 48.0 Å². The number of nitrogens with zero attached hydrogens (tertiary/aromatic N) is 2. The molecule has 0 bridgehead atoms. The number of aliphatic imine (C=N–C) groups is 1. The third-order valence-electron chi connectivity index (χ3n) is 4.82. The summed E-state index contributed by atoms with van der Waals surface area (Å²) in [7, 11) is 0. The lowest BCUT2D eigenvalue weighted by molar-refractivity contribution is -0.129. The van der Waals surface area contributed by atoms with Gasteiger partial charge in [-0.1, -0.05) is 49.4 Å². The summed E-state index contributed by atoms with van der Waals surface area (Å²) in [5.41, 5.74) is 1.22. The molecular formula is C21H28N4O. The van der Waals surface area contributed by atoms with Crippen molar-refractivity contribution in [3.8, 4) is 0 Å². The van der Waals surface area contributed by atoms with E-state index < -0.39 is 0 Å². The zero-order chi connectivity index (χ0) is 18.4. The monoisotopic (exact) mass is 352 g/mol. The Balaban J connectivity index is 1.68. The molecule has 0 aromatic heterocycles. The molecule has 2 N–H and O–H groups in total. The van der Waals surface area contributed by atoms with Gasteiger partial charge in [-0.05, 0) is 29.7 Å². The van der Waals surface area contributed by atoms with Crippen molar-refractivity contribution in [1.29, 1.82) is 0 Å². The average molecular weight is 352 g/mol. The second-order valence-corrected chi connectivity index (χ2v) is 6.66. The first-order valence-corrected chi connectivity index (χ1v) is 9.50. The van der Waals surface area contributed by atoms with Crippen LogP contribution in [-0.2, 0) is 11.3 Å². The van der Waals surface area contributed by atoms with Gasteiger partial charge < -0.3 is 15.5 Å². The Morgan fingerprint density at radius 1 is 1.19 bits per heavy atom. The van der Waals surface area contributed by atoms with E-state index in [1.165, 1.54) is 16.3 Å². The average Bonchev–Trinajstić information content (AvgIpc) is 3.14. The van der Waals surface area contributed by atoms with E-state index in [1.54, 1.807) is 0 Å². The molecular weight excluding hydrogens is 324 g/mol. The van der Waals surface area contributed by atoms with Crippen molar-refractivity contribution >= 4 is 22.6 Å². The van der Waals surface area contributed by atoms with Gasteiger partial charge in [-0.2, -0.15) is 0 Å². The Labute approximate surface area is 155 Å². The number of nitrogens with one attached hydrogen (secondary N) is 2. The van der Waals surface area contributed by atoms with Gasteiger partial charge in [-0.15, -0.1) is 0 Å². The highest BCUT2D eigenvalue weighted by atomic mass is 16.2. The third kappa shape index (κ3) is 4.34. The molecule has 3 rings (SSSR count). The van der Waals surface area contributed by atoms with E-state index in [0.29, 0.717) is 13.0 Å². The minimum Gasteiger partial charge on any atom is -0.357 e. The second-order valence-electron chi connectivity index (χ2n) is 6.66. The standard InChI is InChI=1S/C21H28N4O/c1-3-20(26)25-13-12-18(15-25)24-21(22-4-2)23-14-17-10-7-9-16-8-5-6-11-19(16)17/h5-11,18H,3-4,12-15H2,1-2H3,(H2,22,23,24). The molecule has 26 heavy (non-hydrogen) atoms. The van der Waals surface area contributed by atoms with Gasteiger partial charge in [-0.25, -0.2) is 4.99 Å². The highest BCUT2D eigenvalue weighted by Crippen LogP contribution is 2.19. The molecule has 0 spiro atoms. The number of carbonyl (C=O) groups excluding carboxylic acids is 1. The lowest BCUT2D eigenvalue weighted by Gasteiger charge is -2.18. The second kappa shape index (κ2) is 8.70. The summed E-state index contributed by atoms with van der Waals surface area (Å²) >= 11 is 0. The number of hydrogen-bond donors (Lipinski definition) is 2. The molecule has 1 heterocycles. The quantitative estimate of drug-likeness (QED) is 0.643. The largest absolute Gasteiger partial charge is 0.357 e. The van der Waals surface area contributed by atoms with Crippen LogP contribution in [-0.4, -0.2) is 42.4 Å². The van der Waals surface area contributed by atoms with Crippen molar-refractivity contribution in [2.75, 3.05) is 19.6 Å². The number of guanidine groups is 1. The van der Waals surface area contributed by atoms with Gasteiger partial charge in [-0.3, -0.25) is 4.79 Å². The number of carbonyl (C=O) groups is 1. The van der Waals surface area contributed by atoms with Gasteiger partial charge in [0.1, 0.15) is 0 Å². The molecule has 1 amide bonds. The Kier molecular flexibility index (Phi) is 6.10. The molecule has 1 aliphatic rings. The molecule has 5 nitrogen and oxygen atoms in total. The summed E-state index contributed by atoms with van der Waals surface area (Å²) in [6, 6.07) is 15.0. The van der Waals surface area contributed by atoms with Gasteiger partial charge in [0.15, 0.2) is 5.96 Å². The molecule has 1 aliphatic heterocycles. The minimum absolute atomic E-state index is 0.229. The Hall–Kier alpha value is -2.56. The Morgan fingerprint density at radius 3 is 2.81 bits per heavy atom. The zero-order valence-electron chi connectivity index (χ0n) is 15.7. The van der Waals surface area contributed by atoms with E-state index in [9.17, 15) is 4.79 Å². The molecule has 1 atom stereocenters. The van der Waals surface area contributed by atoms with Gasteiger partial charge in [0.25, 0.3) is 0 Å². The van der Waals surface area contributed by atoms with E-state index in [0.717, 1.165) is 32.0 Å². The molecule has 1 saturated heterocycles. The highest BCUT2D eigenvalue weighted by Gasteiger charge is 2.25. The summed E-state index contributed by atoms with van der Waals surface area (Å²) in [6.45, 7) is 7.00. The lowest BCUT2D eigenvalue weighted by atomic mass is 10.1. The molecule has 5 heteroatoms. The fraction of sp³-hybridized carbons (Fsp3) is 0.429. The summed E-state index contributed by atoms with van der Waals surface area (Å²) < 4.78 is 0. The highest BCUT2D eigenvalue weighted by molar-refractivity contribution is 5.86. The molecule has 0 radical (unpaired) electrons. The van der Waals surface area contributed by atoms with Crippen molar-refractivity contribution in [2.45, 2.75) is 39.3 Å². The maximum Gasteiger partial charge on any atom is 0.222 e. The van der Waals surface area contributed by atoms with E-state index in [1.807, 2.05) is 11.8 Å². The van der Waals surface area contributed by atoms with Crippen LogP contribution in [0.2, 0.25) is 0 Å². The molecule has 1 fully saturated rings. The number of likely N-dealkylation sites (tertiary alicyclic amines) is 1. The predicted molar refractivity (Wildman–Crippen MR) is 107 cm³/mol. The Morgan fingerprint density at radius 2 is 2.00 bits per heavy atom. The number of amides is 1. The predicted octanol–water partition coefficient (Wildman–Crippen LogP) is 2.91. The van der Waals surface area contributed by atoms with Crippen LogP contribution in [0, 0.1) is 0 Å².